The van der Waals surface area contributed by atoms with Crippen molar-refractivity contribution in [1.29, 1.82) is 0 Å². The van der Waals surface area contributed by atoms with Crippen LogP contribution < -0.4 is 33.2 Å². The summed E-state index contributed by atoms with van der Waals surface area (Å²) in [6.07, 6.45) is 5.14. The predicted octanol–water partition coefficient (Wildman–Crippen LogP) is 12.9. The van der Waals surface area contributed by atoms with Crippen LogP contribution in [0.3, 0.4) is 0 Å². The molecule has 3 amide bonds. The van der Waals surface area contributed by atoms with Gasteiger partial charge in [0.05, 0.1) is 60.9 Å². The van der Waals surface area contributed by atoms with E-state index in [1.54, 1.807) is 66.9 Å². The highest BCUT2D eigenvalue weighted by atomic mass is 19.4. The largest absolute Gasteiger partial charge is 0.416 e. The molecule has 566 valence electrons. The number of alkyl halides is 3. The molecule has 0 bridgehead atoms. The number of carbonyl (C=O) groups is 3. The second kappa shape index (κ2) is 32.6. The fourth-order valence-corrected chi connectivity index (χ4v) is 10.9. The van der Waals surface area contributed by atoms with Gasteiger partial charge in [-0.15, -0.1) is 0 Å². The normalized spacial score (nSPS) is 11.2. The molecule has 10 N–H and O–H groups in total. The van der Waals surface area contributed by atoms with Gasteiger partial charge in [-0.1, -0.05) is 64.0 Å². The molecule has 0 spiro atoms. The molecule has 0 radical (unpaired) electrons. The summed E-state index contributed by atoms with van der Waals surface area (Å²) in [7, 11) is 3.94. The Labute approximate surface area is 625 Å². The number of halogens is 9. The summed E-state index contributed by atoms with van der Waals surface area (Å²) in [5.41, 5.74) is 23.2. The molecule has 0 fully saturated rings. The monoisotopic (exact) mass is 1530 g/mol. The number of nitrogen functional groups attached to an aromatic ring is 3. The number of hydrogen-bond donors (Lipinski definition) is 7. The summed E-state index contributed by atoms with van der Waals surface area (Å²) >= 11 is 0. The lowest BCUT2D eigenvalue weighted by atomic mass is 10.1. The smallest absolute Gasteiger partial charge is 0.382 e. The molecule has 38 heteroatoms. The van der Waals surface area contributed by atoms with Gasteiger partial charge >= 0.3 is 6.18 Å². The molecule has 0 saturated heterocycles. The molecule has 15 aromatic rings. The fourth-order valence-electron chi connectivity index (χ4n) is 10.9. The molecule has 0 unspecified atom stereocenters. The van der Waals surface area contributed by atoms with Crippen LogP contribution in [0, 0.1) is 34.9 Å². The standard InChI is InChI=1S/C27H24F2N8O2.C25H16F5N7O2.C22H16F2N8O2/c1-36(2)14-16-6-8-17(9-7-16)27(38)32-22-13-31-26(33-25(22)30)21-12-23(20-10-11-39-35-20)37(34-21)15-18-4-3-5-19(28)24(18)29;26-16-3-1-2-14(21(16)27)12-37-20(17-8-9-39-36-17)10-18(35-37)23-32-11-19(22(31)34-23)33-24(38)13-4-6-15(7-5-13)25(28,29)30;23-13-4-1-3-12(19(13)24)11-32-18(14-6-8-34-31-14)9-16(30-32)21-27-10-17(20(25)29-21)28-22(33)15-5-2-7-26-15/h3-13H,14-15H2,1-2H3,(H,32,38)(H2,30,31,33);1-11H,12H2,(H,33,38)(H2,31,32,34);1-10,26H,11H2,(H,28,33)(H2,25,27,29). The summed E-state index contributed by atoms with van der Waals surface area (Å²) in [5, 5.41) is 32.8. The van der Waals surface area contributed by atoms with E-state index in [9.17, 15) is 53.9 Å². The summed E-state index contributed by atoms with van der Waals surface area (Å²) in [5.74, 6) is -7.05. The minimum absolute atomic E-state index is 0.0154. The van der Waals surface area contributed by atoms with Crippen molar-refractivity contribution in [2.24, 2.45) is 0 Å². The number of aromatic amines is 1. The SMILES string of the molecule is CN(C)Cc1ccc(C(=O)Nc2cnc(-c3cc(-c4ccon4)n(Cc4cccc(F)c4F)n3)nc2N)cc1.Nc1nc(-c2cc(-c3ccon3)n(Cc3cccc(F)c3F)n2)ncc1NC(=O)c1ccc(C(F)(F)F)cc1.Nc1nc(-c2cc(-c3ccon3)n(Cc3cccc(F)c3F)n2)ncc1NC(=O)c1ccc[nH]1. The highest BCUT2D eigenvalue weighted by Gasteiger charge is 2.31. The third-order valence-corrected chi connectivity index (χ3v) is 16.4. The van der Waals surface area contributed by atoms with Crippen LogP contribution in [0.5, 0.6) is 0 Å². The van der Waals surface area contributed by atoms with Crippen molar-refractivity contribution in [3.8, 4) is 68.7 Å². The number of anilines is 6. The molecule has 0 aliphatic rings. The van der Waals surface area contributed by atoms with Gasteiger partial charge in [-0.3, -0.25) is 28.4 Å². The van der Waals surface area contributed by atoms with Gasteiger partial charge in [0.2, 0.25) is 0 Å². The first-order valence-electron chi connectivity index (χ1n) is 33.0. The van der Waals surface area contributed by atoms with Gasteiger partial charge in [0.25, 0.3) is 17.7 Å². The fraction of sp³-hybridized carbons (Fsp3) is 0.0946. The van der Waals surface area contributed by atoms with Crippen molar-refractivity contribution in [2.45, 2.75) is 32.4 Å². The lowest BCUT2D eigenvalue weighted by Crippen LogP contribution is -2.15. The average Bonchev–Trinajstić information content (AvgIpc) is 1.65. The second-order valence-electron chi connectivity index (χ2n) is 24.4. The minimum atomic E-state index is -4.53. The highest BCUT2D eigenvalue weighted by molar-refractivity contribution is 6.06. The summed E-state index contributed by atoms with van der Waals surface area (Å²) in [6, 6.07) is 35.4. The zero-order chi connectivity index (χ0) is 78.9. The van der Waals surface area contributed by atoms with Gasteiger partial charge in [-0.2, -0.15) is 28.5 Å². The van der Waals surface area contributed by atoms with Crippen LogP contribution in [-0.4, -0.2) is 116 Å². The number of carbonyl (C=O) groups excluding carboxylic acids is 3. The van der Waals surface area contributed by atoms with Crippen LogP contribution >= 0.6 is 0 Å². The lowest BCUT2D eigenvalue weighted by molar-refractivity contribution is -0.137. The van der Waals surface area contributed by atoms with E-state index in [-0.39, 0.29) is 105 Å². The molecule has 0 aliphatic carbocycles. The topological polar surface area (TPSA) is 393 Å². The first-order chi connectivity index (χ1) is 53.9. The number of H-pyrrole nitrogens is 1. The van der Waals surface area contributed by atoms with E-state index < -0.39 is 58.5 Å². The third-order valence-electron chi connectivity index (χ3n) is 16.4. The Morgan fingerprint density at radius 1 is 0.455 bits per heavy atom. The van der Waals surface area contributed by atoms with Crippen LogP contribution in [0.25, 0.3) is 68.7 Å². The van der Waals surface area contributed by atoms with Gasteiger partial charge in [0.15, 0.2) is 69.8 Å². The molecule has 0 saturated carbocycles. The Kier molecular flexibility index (Phi) is 21.9. The van der Waals surface area contributed by atoms with Gasteiger partial charge in [-0.05, 0) is 105 Å². The minimum Gasteiger partial charge on any atom is -0.382 e. The van der Waals surface area contributed by atoms with E-state index in [0.717, 1.165) is 54.6 Å². The summed E-state index contributed by atoms with van der Waals surface area (Å²) < 4.78 is 141. The highest BCUT2D eigenvalue weighted by Crippen LogP contribution is 2.33. The maximum Gasteiger partial charge on any atom is 0.416 e. The van der Waals surface area contributed by atoms with Crippen LogP contribution in [-0.2, 0) is 32.4 Å². The first-order valence-corrected chi connectivity index (χ1v) is 33.0. The van der Waals surface area contributed by atoms with Crippen molar-refractivity contribution >= 4 is 52.2 Å². The Morgan fingerprint density at radius 3 is 1.12 bits per heavy atom. The number of hydrogen-bond acceptors (Lipinski definition) is 22. The van der Waals surface area contributed by atoms with Crippen molar-refractivity contribution in [3.05, 3.63) is 275 Å². The van der Waals surface area contributed by atoms with Gasteiger partial charge in [-0.25, -0.2) is 56.2 Å². The maximum atomic E-state index is 14.4. The molecule has 29 nitrogen and oxygen atoms in total. The van der Waals surface area contributed by atoms with E-state index in [2.05, 4.69) is 81.6 Å². The van der Waals surface area contributed by atoms with Crippen LogP contribution in [0.4, 0.5) is 74.0 Å². The molecule has 0 atom stereocenters. The second-order valence-corrected chi connectivity index (χ2v) is 24.4. The van der Waals surface area contributed by atoms with E-state index in [1.165, 1.54) is 87.8 Å². The molecular weight excluding hydrogens is 1480 g/mol. The molecule has 10 aromatic heterocycles. The summed E-state index contributed by atoms with van der Waals surface area (Å²) in [6.45, 7) is 0.451. The molecule has 10 heterocycles. The summed E-state index contributed by atoms with van der Waals surface area (Å²) in [4.78, 5) is 67.7. The van der Waals surface area contributed by atoms with Gasteiger partial charge < -0.3 is 56.6 Å². The van der Waals surface area contributed by atoms with E-state index in [0.29, 0.717) is 56.8 Å². The molecule has 15 rings (SSSR count). The number of benzene rings is 5. The predicted molar refractivity (Wildman–Crippen MR) is 386 cm³/mol. The van der Waals surface area contributed by atoms with Crippen molar-refractivity contribution in [2.75, 3.05) is 47.2 Å². The van der Waals surface area contributed by atoms with Crippen LogP contribution in [0.15, 0.2) is 209 Å². The third kappa shape index (κ3) is 17.4. The number of nitrogens with one attached hydrogen (secondary N) is 4. The zero-order valence-electron chi connectivity index (χ0n) is 58.0. The number of amides is 3. The Morgan fingerprint density at radius 2 is 0.812 bits per heavy atom. The lowest BCUT2D eigenvalue weighted by Gasteiger charge is -2.11. The van der Waals surface area contributed by atoms with E-state index >= 15 is 0 Å². The molecule has 5 aromatic carbocycles. The number of nitrogens with zero attached hydrogens (tertiary/aromatic N) is 16. The Bertz CT molecular complexity index is 5860. The zero-order valence-corrected chi connectivity index (χ0v) is 58.0. The van der Waals surface area contributed by atoms with Crippen LogP contribution in [0.1, 0.15) is 59.0 Å². The number of nitrogens with two attached hydrogens (primary N) is 3. The molecule has 0 aliphatic heterocycles. The van der Waals surface area contributed by atoms with Gasteiger partial charge in [0.1, 0.15) is 75.7 Å². The van der Waals surface area contributed by atoms with E-state index in [1.807, 2.05) is 31.1 Å². The average molecular weight is 1530 g/mol. The number of rotatable bonds is 20. The van der Waals surface area contributed by atoms with Crippen LogP contribution in [0.2, 0.25) is 0 Å². The Hall–Kier alpha value is -15.0. The van der Waals surface area contributed by atoms with Crippen molar-refractivity contribution in [3.63, 3.8) is 0 Å². The van der Waals surface area contributed by atoms with E-state index in [4.69, 9.17) is 30.8 Å². The first kappa shape index (κ1) is 75.3. The van der Waals surface area contributed by atoms with Crippen molar-refractivity contribution < 1.29 is 67.5 Å². The van der Waals surface area contributed by atoms with Gasteiger partial charge in [0, 0.05) is 58.8 Å². The maximum absolute atomic E-state index is 14.4. The number of aromatic nitrogens is 16. The molecular formula is C74H56F9N23O6. The quantitative estimate of drug-likeness (QED) is 0.0348. The molecule has 112 heavy (non-hydrogen) atoms. The Balaban J connectivity index is 0.000000147. The van der Waals surface area contributed by atoms with Crippen molar-refractivity contribution in [1.82, 2.24) is 84.6 Å².